The lowest BCUT2D eigenvalue weighted by atomic mass is 10.2. The number of carbonyl (C=O) groups excluding carboxylic acids is 2. The van der Waals surface area contributed by atoms with Crippen molar-refractivity contribution in [3.05, 3.63) is 43.8 Å². The monoisotopic (exact) mass is 364 g/mol. The normalized spacial score (nSPS) is 14.7. The second-order valence-electron chi connectivity index (χ2n) is 5.46. The third kappa shape index (κ3) is 3.34. The number of carbonyl (C=O) groups is 3. The largest absolute Gasteiger partial charge is 0.477 e. The highest BCUT2D eigenvalue weighted by molar-refractivity contribution is 7.15. The number of amides is 2. The van der Waals surface area contributed by atoms with Crippen LogP contribution in [-0.4, -0.2) is 58.9 Å². The quantitative estimate of drug-likeness (QED) is 0.907. The third-order valence-electron chi connectivity index (χ3n) is 3.83. The first-order valence-corrected chi connectivity index (χ1v) is 9.07. The molecule has 3 rings (SSSR count). The van der Waals surface area contributed by atoms with Crippen LogP contribution in [-0.2, 0) is 0 Å². The van der Waals surface area contributed by atoms with Crippen LogP contribution in [0.25, 0.3) is 0 Å². The first kappa shape index (κ1) is 16.7. The molecule has 24 heavy (non-hydrogen) atoms. The predicted octanol–water partition coefficient (Wildman–Crippen LogP) is 2.41. The van der Waals surface area contributed by atoms with E-state index in [9.17, 15) is 14.4 Å². The van der Waals surface area contributed by atoms with Gasteiger partial charge in [-0.3, -0.25) is 9.59 Å². The van der Waals surface area contributed by atoms with Gasteiger partial charge in [0.15, 0.2) is 0 Å². The summed E-state index contributed by atoms with van der Waals surface area (Å²) in [5.41, 5.74) is 0. The van der Waals surface area contributed by atoms with E-state index in [1.54, 1.807) is 15.9 Å². The molecule has 8 heteroatoms. The van der Waals surface area contributed by atoms with Crippen molar-refractivity contribution in [2.24, 2.45) is 0 Å². The molecule has 0 aliphatic carbocycles. The number of piperazine rings is 1. The standard InChI is InChI=1S/C16H16N2O4S2/c1-10-2-3-11(23-10)14(19)17-6-8-18(9-7-17)15(20)12-4-5-13(24-12)16(21)22/h2-5H,6-9H2,1H3,(H,21,22). The molecule has 0 spiro atoms. The zero-order valence-corrected chi connectivity index (χ0v) is 14.7. The first-order valence-electron chi connectivity index (χ1n) is 7.44. The molecule has 0 bridgehead atoms. The van der Waals surface area contributed by atoms with Crippen LogP contribution in [0.3, 0.4) is 0 Å². The fraction of sp³-hybridized carbons (Fsp3) is 0.312. The van der Waals surface area contributed by atoms with E-state index in [1.165, 1.54) is 17.4 Å². The van der Waals surface area contributed by atoms with Gasteiger partial charge in [-0.15, -0.1) is 22.7 Å². The summed E-state index contributed by atoms with van der Waals surface area (Å²) in [4.78, 5) is 41.6. The van der Waals surface area contributed by atoms with E-state index >= 15 is 0 Å². The predicted molar refractivity (Wildman–Crippen MR) is 92.1 cm³/mol. The van der Waals surface area contributed by atoms with Crippen molar-refractivity contribution in [1.29, 1.82) is 0 Å². The van der Waals surface area contributed by atoms with Gasteiger partial charge >= 0.3 is 5.97 Å². The van der Waals surface area contributed by atoms with E-state index in [1.807, 2.05) is 19.1 Å². The zero-order chi connectivity index (χ0) is 17.3. The van der Waals surface area contributed by atoms with Gasteiger partial charge in [-0.2, -0.15) is 0 Å². The summed E-state index contributed by atoms with van der Waals surface area (Å²) in [5, 5.41) is 8.94. The Morgan fingerprint density at radius 2 is 1.29 bits per heavy atom. The first-order chi connectivity index (χ1) is 11.5. The Labute approximate surface area is 146 Å². The zero-order valence-electron chi connectivity index (χ0n) is 13.0. The Kier molecular flexibility index (Phi) is 4.68. The second-order valence-corrected chi connectivity index (χ2v) is 7.84. The van der Waals surface area contributed by atoms with Crippen LogP contribution < -0.4 is 0 Å². The molecule has 2 amide bonds. The highest BCUT2D eigenvalue weighted by Crippen LogP contribution is 2.21. The molecule has 0 unspecified atom stereocenters. The van der Waals surface area contributed by atoms with E-state index in [0.717, 1.165) is 21.1 Å². The van der Waals surface area contributed by atoms with Gasteiger partial charge in [-0.25, -0.2) is 4.79 Å². The van der Waals surface area contributed by atoms with Gasteiger partial charge in [0.2, 0.25) is 0 Å². The number of aryl methyl sites for hydroxylation is 1. The number of carboxylic acids is 1. The number of nitrogens with zero attached hydrogens (tertiary/aromatic N) is 2. The second kappa shape index (κ2) is 6.74. The van der Waals surface area contributed by atoms with Crippen LogP contribution in [0.5, 0.6) is 0 Å². The molecule has 0 radical (unpaired) electrons. The fourth-order valence-electron chi connectivity index (χ4n) is 2.54. The lowest BCUT2D eigenvalue weighted by Crippen LogP contribution is -2.50. The average Bonchev–Trinajstić information content (AvgIpc) is 3.23. The van der Waals surface area contributed by atoms with E-state index in [2.05, 4.69) is 0 Å². The van der Waals surface area contributed by atoms with E-state index in [-0.39, 0.29) is 16.7 Å². The Balaban J connectivity index is 1.61. The molecule has 0 aromatic carbocycles. The van der Waals surface area contributed by atoms with Crippen molar-refractivity contribution in [2.75, 3.05) is 26.2 Å². The number of carboxylic acid groups (broad SMARTS) is 1. The van der Waals surface area contributed by atoms with Crippen LogP contribution in [0.1, 0.15) is 33.9 Å². The molecular weight excluding hydrogens is 348 g/mol. The van der Waals surface area contributed by atoms with Gasteiger partial charge in [-0.05, 0) is 31.2 Å². The Bertz CT molecular complexity index is 788. The highest BCUT2D eigenvalue weighted by atomic mass is 32.1. The van der Waals surface area contributed by atoms with Crippen molar-refractivity contribution >= 4 is 40.5 Å². The van der Waals surface area contributed by atoms with Gasteiger partial charge in [0.05, 0.1) is 9.75 Å². The summed E-state index contributed by atoms with van der Waals surface area (Å²) < 4.78 is 0. The molecule has 1 N–H and O–H groups in total. The maximum Gasteiger partial charge on any atom is 0.345 e. The molecule has 0 saturated carbocycles. The van der Waals surface area contributed by atoms with Gasteiger partial charge < -0.3 is 14.9 Å². The number of hydrogen-bond donors (Lipinski definition) is 1. The number of rotatable bonds is 3. The Hall–Kier alpha value is -2.19. The maximum absolute atomic E-state index is 12.4. The molecule has 1 saturated heterocycles. The van der Waals surface area contributed by atoms with Crippen LogP contribution in [0, 0.1) is 6.92 Å². The number of aromatic carboxylic acids is 1. The van der Waals surface area contributed by atoms with Crippen molar-refractivity contribution in [3.8, 4) is 0 Å². The molecule has 2 aromatic heterocycles. The molecule has 1 aliphatic rings. The van der Waals surface area contributed by atoms with Crippen molar-refractivity contribution in [3.63, 3.8) is 0 Å². The van der Waals surface area contributed by atoms with Gasteiger partial charge in [-0.1, -0.05) is 0 Å². The SMILES string of the molecule is Cc1ccc(C(=O)N2CCN(C(=O)c3ccc(C(=O)O)s3)CC2)s1. The lowest BCUT2D eigenvalue weighted by molar-refractivity contribution is 0.0540. The summed E-state index contributed by atoms with van der Waals surface area (Å²) in [6, 6.07) is 6.75. The summed E-state index contributed by atoms with van der Waals surface area (Å²) >= 11 is 2.45. The molecule has 0 atom stereocenters. The average molecular weight is 364 g/mol. The number of hydrogen-bond acceptors (Lipinski definition) is 5. The topological polar surface area (TPSA) is 77.9 Å². The molecule has 6 nitrogen and oxygen atoms in total. The third-order valence-corrected chi connectivity index (χ3v) is 5.88. The van der Waals surface area contributed by atoms with Crippen LogP contribution in [0.4, 0.5) is 0 Å². The smallest absolute Gasteiger partial charge is 0.345 e. The van der Waals surface area contributed by atoms with Crippen molar-refractivity contribution in [1.82, 2.24) is 9.80 Å². The lowest BCUT2D eigenvalue weighted by Gasteiger charge is -2.34. The summed E-state index contributed by atoms with van der Waals surface area (Å²) in [5.74, 6) is -1.20. The maximum atomic E-state index is 12.4. The minimum atomic E-state index is -1.03. The highest BCUT2D eigenvalue weighted by Gasteiger charge is 2.27. The summed E-state index contributed by atoms with van der Waals surface area (Å²) in [6.45, 7) is 3.84. The Morgan fingerprint density at radius 1 is 0.833 bits per heavy atom. The van der Waals surface area contributed by atoms with E-state index in [0.29, 0.717) is 31.1 Å². The van der Waals surface area contributed by atoms with Crippen LogP contribution >= 0.6 is 22.7 Å². The minimum Gasteiger partial charge on any atom is -0.477 e. The fourth-order valence-corrected chi connectivity index (χ4v) is 4.19. The van der Waals surface area contributed by atoms with E-state index < -0.39 is 5.97 Å². The van der Waals surface area contributed by atoms with Gasteiger partial charge in [0.1, 0.15) is 4.88 Å². The van der Waals surface area contributed by atoms with Crippen LogP contribution in [0.2, 0.25) is 0 Å². The Morgan fingerprint density at radius 3 is 1.71 bits per heavy atom. The minimum absolute atomic E-state index is 0.00415. The van der Waals surface area contributed by atoms with Crippen molar-refractivity contribution in [2.45, 2.75) is 6.92 Å². The molecule has 1 fully saturated rings. The van der Waals surface area contributed by atoms with Crippen molar-refractivity contribution < 1.29 is 19.5 Å². The molecule has 2 aromatic rings. The summed E-state index contributed by atoms with van der Waals surface area (Å²) in [7, 11) is 0. The van der Waals surface area contributed by atoms with Crippen LogP contribution in [0.15, 0.2) is 24.3 Å². The van der Waals surface area contributed by atoms with E-state index in [4.69, 9.17) is 5.11 Å². The molecule has 126 valence electrons. The van der Waals surface area contributed by atoms with Gasteiger partial charge in [0, 0.05) is 31.1 Å². The van der Waals surface area contributed by atoms with Gasteiger partial charge in [0.25, 0.3) is 11.8 Å². The molecule has 3 heterocycles. The molecule has 1 aliphatic heterocycles. The molecular formula is C16H16N2O4S2. The number of thiophene rings is 2. The summed E-state index contributed by atoms with van der Waals surface area (Å²) in [6.07, 6.45) is 0.